The van der Waals surface area contributed by atoms with Gasteiger partial charge in [-0.15, -0.1) is 11.3 Å². The molecule has 0 amide bonds. The van der Waals surface area contributed by atoms with E-state index >= 15 is 0 Å². The van der Waals surface area contributed by atoms with Crippen molar-refractivity contribution in [3.63, 3.8) is 0 Å². The maximum atomic E-state index is 10.6. The predicted octanol–water partition coefficient (Wildman–Crippen LogP) is 2.55. The molecule has 3 heteroatoms. The average molecular weight is 223 g/mol. The second-order valence-electron chi connectivity index (χ2n) is 5.24. The van der Waals surface area contributed by atoms with Crippen molar-refractivity contribution in [1.82, 2.24) is 4.98 Å². The van der Waals surface area contributed by atoms with Gasteiger partial charge in [0, 0.05) is 17.5 Å². The Morgan fingerprint density at radius 1 is 1.60 bits per heavy atom. The number of aryl methyl sites for hydroxylation is 1. The highest BCUT2D eigenvalue weighted by Gasteiger charge is 2.49. The summed E-state index contributed by atoms with van der Waals surface area (Å²) in [5, 5.41) is 13.8. The van der Waals surface area contributed by atoms with Crippen LogP contribution in [0.15, 0.2) is 5.38 Å². The number of rotatable bonds is 2. The highest BCUT2D eigenvalue weighted by atomic mass is 32.1. The van der Waals surface area contributed by atoms with Crippen LogP contribution in [0.1, 0.15) is 36.4 Å². The summed E-state index contributed by atoms with van der Waals surface area (Å²) in [7, 11) is 0. The lowest BCUT2D eigenvalue weighted by atomic mass is 9.82. The van der Waals surface area contributed by atoms with Gasteiger partial charge in [0.2, 0.25) is 0 Å². The van der Waals surface area contributed by atoms with Crippen LogP contribution in [0.2, 0.25) is 0 Å². The van der Waals surface area contributed by atoms with Crippen LogP contribution in [-0.4, -0.2) is 15.7 Å². The van der Waals surface area contributed by atoms with Crippen LogP contribution < -0.4 is 0 Å². The lowest BCUT2D eigenvalue weighted by Crippen LogP contribution is -2.37. The SMILES string of the molecule is Cc1csc(CC2(O)CC3CCC2C3)n1. The van der Waals surface area contributed by atoms with Crippen molar-refractivity contribution < 1.29 is 5.11 Å². The van der Waals surface area contributed by atoms with E-state index in [1.54, 1.807) is 11.3 Å². The monoisotopic (exact) mass is 223 g/mol. The van der Waals surface area contributed by atoms with Crippen molar-refractivity contribution in [3.05, 3.63) is 16.1 Å². The molecule has 1 aromatic rings. The Balaban J connectivity index is 1.77. The van der Waals surface area contributed by atoms with E-state index in [4.69, 9.17) is 0 Å². The first-order valence-corrected chi connectivity index (χ1v) is 6.67. The number of thiazole rings is 1. The standard InChI is InChI=1S/C12H17NOS/c1-8-7-15-11(13-8)6-12(14)5-9-2-3-10(12)4-9/h7,9-10,14H,2-6H2,1H3. The Labute approximate surface area is 94.4 Å². The van der Waals surface area contributed by atoms with E-state index in [1.807, 2.05) is 6.92 Å². The fraction of sp³-hybridized carbons (Fsp3) is 0.750. The molecule has 0 aliphatic heterocycles. The van der Waals surface area contributed by atoms with Gasteiger partial charge in [0.05, 0.1) is 10.6 Å². The van der Waals surface area contributed by atoms with Crippen LogP contribution in [0.5, 0.6) is 0 Å². The quantitative estimate of drug-likeness (QED) is 0.836. The third-order valence-corrected chi connectivity index (χ3v) is 5.03. The number of aliphatic hydroxyl groups is 1. The zero-order valence-corrected chi connectivity index (χ0v) is 9.89. The molecule has 2 fully saturated rings. The van der Waals surface area contributed by atoms with Gasteiger partial charge in [-0.2, -0.15) is 0 Å². The van der Waals surface area contributed by atoms with E-state index in [-0.39, 0.29) is 0 Å². The molecule has 0 aromatic carbocycles. The topological polar surface area (TPSA) is 33.1 Å². The van der Waals surface area contributed by atoms with Crippen LogP contribution in [0.25, 0.3) is 0 Å². The maximum Gasteiger partial charge on any atom is 0.0956 e. The van der Waals surface area contributed by atoms with Gasteiger partial charge in [0.15, 0.2) is 0 Å². The lowest BCUT2D eigenvalue weighted by molar-refractivity contribution is -0.0125. The second-order valence-corrected chi connectivity index (χ2v) is 6.19. The normalized spacial score (nSPS) is 38.8. The predicted molar refractivity (Wildman–Crippen MR) is 61.0 cm³/mol. The summed E-state index contributed by atoms with van der Waals surface area (Å²) < 4.78 is 0. The summed E-state index contributed by atoms with van der Waals surface area (Å²) in [5.74, 6) is 1.34. The zero-order valence-electron chi connectivity index (χ0n) is 9.07. The molecule has 2 saturated carbocycles. The number of hydrogen-bond acceptors (Lipinski definition) is 3. The molecule has 0 spiro atoms. The van der Waals surface area contributed by atoms with Crippen LogP contribution in [0.4, 0.5) is 0 Å². The van der Waals surface area contributed by atoms with E-state index in [1.165, 1.54) is 19.3 Å². The minimum absolute atomic E-state index is 0.423. The molecule has 3 unspecified atom stereocenters. The largest absolute Gasteiger partial charge is 0.389 e. The molecule has 0 radical (unpaired) electrons. The van der Waals surface area contributed by atoms with E-state index < -0.39 is 5.60 Å². The molecule has 82 valence electrons. The van der Waals surface area contributed by atoms with Gasteiger partial charge in [0.1, 0.15) is 0 Å². The van der Waals surface area contributed by atoms with E-state index in [0.29, 0.717) is 5.92 Å². The number of aromatic nitrogens is 1. The maximum absolute atomic E-state index is 10.6. The van der Waals surface area contributed by atoms with Crippen molar-refractivity contribution in [2.45, 2.75) is 44.6 Å². The molecule has 2 bridgehead atoms. The number of nitrogens with zero attached hydrogens (tertiary/aromatic N) is 1. The summed E-state index contributed by atoms with van der Waals surface area (Å²) >= 11 is 1.69. The van der Waals surface area contributed by atoms with Crippen molar-refractivity contribution in [3.8, 4) is 0 Å². The fourth-order valence-electron chi connectivity index (χ4n) is 3.38. The molecule has 0 saturated heterocycles. The third-order valence-electron chi connectivity index (χ3n) is 4.07. The van der Waals surface area contributed by atoms with Crippen molar-refractivity contribution >= 4 is 11.3 Å². The first-order chi connectivity index (χ1) is 7.16. The highest BCUT2D eigenvalue weighted by molar-refractivity contribution is 7.09. The highest BCUT2D eigenvalue weighted by Crippen LogP contribution is 2.51. The van der Waals surface area contributed by atoms with Gasteiger partial charge in [-0.1, -0.05) is 0 Å². The van der Waals surface area contributed by atoms with Crippen molar-refractivity contribution in [1.29, 1.82) is 0 Å². The van der Waals surface area contributed by atoms with Gasteiger partial charge >= 0.3 is 0 Å². The summed E-state index contributed by atoms with van der Waals surface area (Å²) in [6, 6.07) is 0. The van der Waals surface area contributed by atoms with Gasteiger partial charge in [-0.25, -0.2) is 4.98 Å². The minimum Gasteiger partial charge on any atom is -0.389 e. The second kappa shape index (κ2) is 3.29. The van der Waals surface area contributed by atoms with Gasteiger partial charge in [0.25, 0.3) is 0 Å². The number of fused-ring (bicyclic) bond motifs is 2. The summed E-state index contributed by atoms with van der Waals surface area (Å²) in [4.78, 5) is 4.46. The molecule has 3 atom stereocenters. The number of hydrogen-bond donors (Lipinski definition) is 1. The Hall–Kier alpha value is -0.410. The summed E-state index contributed by atoms with van der Waals surface area (Å²) in [6.45, 7) is 2.02. The Morgan fingerprint density at radius 2 is 2.47 bits per heavy atom. The lowest BCUT2D eigenvalue weighted by Gasteiger charge is -2.31. The van der Waals surface area contributed by atoms with Crippen LogP contribution >= 0.6 is 11.3 Å². The fourth-order valence-corrected chi connectivity index (χ4v) is 4.27. The van der Waals surface area contributed by atoms with Crippen LogP contribution in [0, 0.1) is 18.8 Å². The molecule has 1 heterocycles. The molecule has 15 heavy (non-hydrogen) atoms. The smallest absolute Gasteiger partial charge is 0.0956 e. The molecule has 3 rings (SSSR count). The van der Waals surface area contributed by atoms with E-state index in [2.05, 4.69) is 10.4 Å². The summed E-state index contributed by atoms with van der Waals surface area (Å²) in [5.41, 5.74) is 0.662. The first-order valence-electron chi connectivity index (χ1n) is 5.79. The van der Waals surface area contributed by atoms with Crippen LogP contribution in [-0.2, 0) is 6.42 Å². The molecule has 1 N–H and O–H groups in total. The molecule has 1 aromatic heterocycles. The van der Waals surface area contributed by atoms with E-state index in [0.717, 1.165) is 29.5 Å². The molecular weight excluding hydrogens is 206 g/mol. The molecule has 2 aliphatic carbocycles. The van der Waals surface area contributed by atoms with Crippen LogP contribution in [0.3, 0.4) is 0 Å². The first kappa shape index (κ1) is 9.79. The van der Waals surface area contributed by atoms with E-state index in [9.17, 15) is 5.11 Å². The average Bonchev–Trinajstić information content (AvgIpc) is 2.81. The molecular formula is C12H17NOS. The third kappa shape index (κ3) is 1.62. The van der Waals surface area contributed by atoms with Gasteiger partial charge in [-0.3, -0.25) is 0 Å². The minimum atomic E-state index is -0.423. The zero-order chi connectivity index (χ0) is 10.5. The summed E-state index contributed by atoms with van der Waals surface area (Å²) in [6.07, 6.45) is 5.61. The van der Waals surface area contributed by atoms with Gasteiger partial charge in [-0.05, 0) is 44.4 Å². The Bertz CT molecular complexity index is 375. The van der Waals surface area contributed by atoms with Crippen molar-refractivity contribution in [2.24, 2.45) is 11.8 Å². The molecule has 2 nitrogen and oxygen atoms in total. The van der Waals surface area contributed by atoms with Gasteiger partial charge < -0.3 is 5.11 Å². The molecule has 2 aliphatic rings. The Kier molecular flexibility index (Phi) is 2.15. The van der Waals surface area contributed by atoms with Crippen molar-refractivity contribution in [2.75, 3.05) is 0 Å². The Morgan fingerprint density at radius 3 is 3.00 bits per heavy atom.